The molecule has 0 aliphatic heterocycles. The number of benzene rings is 1. The molecule has 0 N–H and O–H groups in total. The average Bonchev–Trinajstić information content (AvgIpc) is 2.01. The molecule has 1 aromatic rings. The summed E-state index contributed by atoms with van der Waals surface area (Å²) in [6, 6.07) is 6.75. The topological polar surface area (TPSA) is 51.2 Å². The lowest BCUT2D eigenvalue weighted by molar-refractivity contribution is -0.114. The molecule has 0 aliphatic rings. The molecule has 3 nitrogen and oxygen atoms in total. The van der Waals surface area contributed by atoms with Crippen LogP contribution in [0.5, 0.6) is 0 Å². The molecule has 0 amide bonds. The fraction of sp³-hybridized carbons (Fsp3) is 0.300. The maximum absolute atomic E-state index is 11.0. The molecule has 0 bridgehead atoms. The molecule has 1 aromatic carbocycles. The SMILES string of the molecule is CC(C)=O.CS(=O)(=O)c1ccccc1Br. The number of hydrogen-bond donors (Lipinski definition) is 0. The van der Waals surface area contributed by atoms with Crippen molar-refractivity contribution < 1.29 is 13.2 Å². The Balaban J connectivity index is 0.000000423. The molecule has 84 valence electrons. The number of carbonyl (C=O) groups excluding carboxylic acids is 1. The summed E-state index contributed by atoms with van der Waals surface area (Å²) in [5, 5.41) is 0. The summed E-state index contributed by atoms with van der Waals surface area (Å²) in [7, 11) is -3.08. The standard InChI is InChI=1S/C7H7BrO2S.C3H6O/c1-11(9,10)7-5-3-2-4-6(7)8;1-3(2)4/h2-5H,1H3;1-2H3. The van der Waals surface area contributed by atoms with E-state index in [1.165, 1.54) is 20.1 Å². The second-order valence-corrected chi connectivity index (χ2v) is 5.95. The van der Waals surface area contributed by atoms with Gasteiger partial charge in [-0.2, -0.15) is 0 Å². The highest BCUT2D eigenvalue weighted by molar-refractivity contribution is 9.10. The number of halogens is 1. The summed E-state index contributed by atoms with van der Waals surface area (Å²) in [6.45, 7) is 3.06. The minimum absolute atomic E-state index is 0.167. The molecule has 0 fully saturated rings. The van der Waals surface area contributed by atoms with E-state index in [0.29, 0.717) is 9.37 Å². The molecule has 5 heteroatoms. The predicted molar refractivity (Wildman–Crippen MR) is 63.6 cm³/mol. The Morgan fingerprint density at radius 3 is 1.87 bits per heavy atom. The van der Waals surface area contributed by atoms with Gasteiger partial charge in [-0.3, -0.25) is 0 Å². The van der Waals surface area contributed by atoms with Gasteiger partial charge in [0, 0.05) is 10.7 Å². The quantitative estimate of drug-likeness (QED) is 0.799. The molecule has 0 spiro atoms. The Hall–Kier alpha value is -0.680. The molecule has 1 rings (SSSR count). The summed E-state index contributed by atoms with van der Waals surface area (Å²) in [5.41, 5.74) is 0. The number of rotatable bonds is 1. The first kappa shape index (κ1) is 14.3. The van der Waals surface area contributed by atoms with E-state index in [-0.39, 0.29) is 5.78 Å². The summed E-state index contributed by atoms with van der Waals surface area (Å²) in [6.07, 6.45) is 1.19. The molecule has 0 radical (unpaired) electrons. The lowest BCUT2D eigenvalue weighted by Crippen LogP contribution is -1.97. The molecule has 0 heterocycles. The number of carbonyl (C=O) groups is 1. The molecule has 0 saturated carbocycles. The smallest absolute Gasteiger partial charge is 0.176 e. The first-order valence-corrected chi connectivity index (χ1v) is 6.85. The van der Waals surface area contributed by atoms with Crippen LogP contribution in [0, 0.1) is 0 Å². The van der Waals surface area contributed by atoms with Crippen molar-refractivity contribution in [3.05, 3.63) is 28.7 Å². The minimum atomic E-state index is -3.08. The summed E-state index contributed by atoms with van der Waals surface area (Å²) < 4.78 is 22.7. The zero-order chi connectivity index (χ0) is 12.1. The van der Waals surface area contributed by atoms with Crippen molar-refractivity contribution in [2.24, 2.45) is 0 Å². The highest BCUT2D eigenvalue weighted by Gasteiger charge is 2.09. The lowest BCUT2D eigenvalue weighted by atomic mass is 10.4. The Morgan fingerprint density at radius 2 is 1.60 bits per heavy atom. The maximum Gasteiger partial charge on any atom is 0.176 e. The van der Waals surface area contributed by atoms with Gasteiger partial charge in [-0.1, -0.05) is 12.1 Å². The third-order valence-electron chi connectivity index (χ3n) is 1.24. The Bertz CT molecular complexity index is 434. The third kappa shape index (κ3) is 6.41. The van der Waals surface area contributed by atoms with Gasteiger partial charge in [0.25, 0.3) is 0 Å². The lowest BCUT2D eigenvalue weighted by Gasteiger charge is -1.98. The van der Waals surface area contributed by atoms with E-state index in [1.54, 1.807) is 24.3 Å². The number of ketones is 1. The van der Waals surface area contributed by atoms with E-state index in [9.17, 15) is 13.2 Å². The zero-order valence-electron chi connectivity index (χ0n) is 8.82. The van der Waals surface area contributed by atoms with Crippen molar-refractivity contribution in [2.75, 3.05) is 6.26 Å². The largest absolute Gasteiger partial charge is 0.300 e. The Kier molecular flexibility index (Phi) is 5.75. The van der Waals surface area contributed by atoms with Crippen molar-refractivity contribution in [2.45, 2.75) is 18.7 Å². The van der Waals surface area contributed by atoms with Crippen molar-refractivity contribution >= 4 is 31.6 Å². The summed E-state index contributed by atoms with van der Waals surface area (Å²) in [5.74, 6) is 0.167. The monoisotopic (exact) mass is 292 g/mol. The van der Waals surface area contributed by atoms with Crippen LogP contribution in [0.1, 0.15) is 13.8 Å². The molecule has 0 unspecified atom stereocenters. The van der Waals surface area contributed by atoms with Crippen LogP contribution >= 0.6 is 15.9 Å². The van der Waals surface area contributed by atoms with Crippen molar-refractivity contribution in [1.29, 1.82) is 0 Å². The van der Waals surface area contributed by atoms with Crippen LogP contribution in [0.3, 0.4) is 0 Å². The van der Waals surface area contributed by atoms with Crippen LogP contribution in [0.4, 0.5) is 0 Å². The molecular weight excluding hydrogens is 280 g/mol. The molecule has 15 heavy (non-hydrogen) atoms. The van der Waals surface area contributed by atoms with Crippen LogP contribution in [0.2, 0.25) is 0 Å². The van der Waals surface area contributed by atoms with Gasteiger partial charge in [0.15, 0.2) is 9.84 Å². The minimum Gasteiger partial charge on any atom is -0.300 e. The van der Waals surface area contributed by atoms with E-state index in [0.717, 1.165) is 0 Å². The van der Waals surface area contributed by atoms with Gasteiger partial charge >= 0.3 is 0 Å². The average molecular weight is 293 g/mol. The van der Waals surface area contributed by atoms with Crippen molar-refractivity contribution in [3.8, 4) is 0 Å². The summed E-state index contributed by atoms with van der Waals surface area (Å²) >= 11 is 3.15. The molecule has 0 atom stereocenters. The van der Waals surface area contributed by atoms with E-state index < -0.39 is 9.84 Å². The van der Waals surface area contributed by atoms with E-state index in [1.807, 2.05) is 0 Å². The van der Waals surface area contributed by atoms with Crippen molar-refractivity contribution in [1.82, 2.24) is 0 Å². The second kappa shape index (κ2) is 6.02. The van der Waals surface area contributed by atoms with Crippen LogP contribution in [-0.2, 0) is 14.6 Å². The molecule has 0 saturated heterocycles. The molecule has 0 aliphatic carbocycles. The van der Waals surface area contributed by atoms with Gasteiger partial charge in [0.1, 0.15) is 5.78 Å². The third-order valence-corrected chi connectivity index (χ3v) is 3.35. The highest BCUT2D eigenvalue weighted by Crippen LogP contribution is 2.20. The van der Waals surface area contributed by atoms with Gasteiger partial charge in [-0.15, -0.1) is 0 Å². The van der Waals surface area contributed by atoms with Gasteiger partial charge in [0.05, 0.1) is 4.90 Å². The summed E-state index contributed by atoms with van der Waals surface area (Å²) in [4.78, 5) is 9.78. The fourth-order valence-electron chi connectivity index (χ4n) is 0.745. The Morgan fingerprint density at radius 1 is 1.20 bits per heavy atom. The van der Waals surface area contributed by atoms with E-state index in [4.69, 9.17) is 0 Å². The second-order valence-electron chi connectivity index (χ2n) is 3.11. The zero-order valence-corrected chi connectivity index (χ0v) is 11.2. The molecule has 0 aromatic heterocycles. The fourth-order valence-corrected chi connectivity index (χ4v) is 2.66. The first-order valence-electron chi connectivity index (χ1n) is 4.17. The van der Waals surface area contributed by atoms with Crippen LogP contribution in [-0.4, -0.2) is 20.5 Å². The van der Waals surface area contributed by atoms with E-state index in [2.05, 4.69) is 15.9 Å². The molecular formula is C10H13BrO3S. The van der Waals surface area contributed by atoms with Gasteiger partial charge < -0.3 is 4.79 Å². The number of hydrogen-bond acceptors (Lipinski definition) is 3. The van der Waals surface area contributed by atoms with E-state index >= 15 is 0 Å². The Labute approximate surface area is 98.6 Å². The maximum atomic E-state index is 11.0. The first-order chi connectivity index (χ1) is 6.75. The van der Waals surface area contributed by atoms with Gasteiger partial charge in [0.2, 0.25) is 0 Å². The predicted octanol–water partition coefficient (Wildman–Crippen LogP) is 2.45. The van der Waals surface area contributed by atoms with Crippen LogP contribution < -0.4 is 0 Å². The normalized spacial score (nSPS) is 10.1. The van der Waals surface area contributed by atoms with Crippen LogP contribution in [0.25, 0.3) is 0 Å². The number of sulfone groups is 1. The highest BCUT2D eigenvalue weighted by atomic mass is 79.9. The van der Waals surface area contributed by atoms with Crippen molar-refractivity contribution in [3.63, 3.8) is 0 Å². The number of Topliss-reactive ketones (excluding diaryl/α,β-unsaturated/α-hetero) is 1. The van der Waals surface area contributed by atoms with Crippen LogP contribution in [0.15, 0.2) is 33.6 Å². The van der Waals surface area contributed by atoms with Gasteiger partial charge in [-0.05, 0) is 41.9 Å². The van der Waals surface area contributed by atoms with Gasteiger partial charge in [-0.25, -0.2) is 8.42 Å².